The Morgan fingerprint density at radius 1 is 0.952 bits per heavy atom. The second-order valence-electron chi connectivity index (χ2n) is 5.68. The quantitative estimate of drug-likeness (QED) is 0.850. The van der Waals surface area contributed by atoms with Crippen molar-refractivity contribution < 1.29 is 0 Å². The number of nitrogens with zero attached hydrogens (tertiary/aromatic N) is 3. The summed E-state index contributed by atoms with van der Waals surface area (Å²) in [5.74, 6) is 0. The van der Waals surface area contributed by atoms with Gasteiger partial charge in [0.2, 0.25) is 0 Å². The molecule has 3 heteroatoms. The summed E-state index contributed by atoms with van der Waals surface area (Å²) >= 11 is 0. The van der Waals surface area contributed by atoms with Crippen molar-refractivity contribution in [1.29, 1.82) is 0 Å². The highest BCUT2D eigenvalue weighted by Crippen LogP contribution is 2.38. The first-order chi connectivity index (χ1) is 10.2. The van der Waals surface area contributed by atoms with E-state index in [4.69, 9.17) is 4.99 Å². The fraction of sp³-hybridized carbons (Fsp3) is 0.278. The summed E-state index contributed by atoms with van der Waals surface area (Å²) in [6.45, 7) is 0.999. The number of benzene rings is 2. The van der Waals surface area contributed by atoms with Gasteiger partial charge in [0.25, 0.3) is 0 Å². The number of rotatable bonds is 3. The van der Waals surface area contributed by atoms with Crippen LogP contribution in [0.15, 0.2) is 53.5 Å². The van der Waals surface area contributed by atoms with E-state index in [1.807, 2.05) is 0 Å². The maximum Gasteiger partial charge on any atom is 0.0870 e. The molecule has 3 nitrogen and oxygen atoms in total. The van der Waals surface area contributed by atoms with Gasteiger partial charge in [0.05, 0.1) is 22.8 Å². The number of para-hydroxylation sites is 3. The highest BCUT2D eigenvalue weighted by atomic mass is 15.1. The van der Waals surface area contributed by atoms with E-state index in [9.17, 15) is 0 Å². The van der Waals surface area contributed by atoms with Gasteiger partial charge in [-0.25, -0.2) is 0 Å². The molecule has 0 atom stereocenters. The molecule has 0 spiro atoms. The molecule has 0 amide bonds. The average molecular weight is 279 g/mol. The van der Waals surface area contributed by atoms with Gasteiger partial charge in [0, 0.05) is 25.6 Å². The van der Waals surface area contributed by atoms with E-state index in [2.05, 4.69) is 79.5 Å². The Balaban J connectivity index is 2.13. The fourth-order valence-electron chi connectivity index (χ4n) is 2.71. The molecule has 0 radical (unpaired) electrons. The minimum Gasteiger partial charge on any atom is -0.342 e. The molecule has 108 valence electrons. The molecule has 0 fully saturated rings. The van der Waals surface area contributed by atoms with Gasteiger partial charge in [-0.3, -0.25) is 4.99 Å². The Morgan fingerprint density at radius 3 is 2.38 bits per heavy atom. The van der Waals surface area contributed by atoms with Gasteiger partial charge in [0.15, 0.2) is 0 Å². The molecule has 2 aromatic carbocycles. The number of fused-ring (bicyclic) bond motifs is 2. The molecule has 1 heterocycles. The molecule has 0 saturated heterocycles. The molecular formula is C18H21N3. The zero-order valence-corrected chi connectivity index (χ0v) is 12.9. The Hall–Kier alpha value is -2.13. The summed E-state index contributed by atoms with van der Waals surface area (Å²) in [6, 6.07) is 16.9. The van der Waals surface area contributed by atoms with Crippen LogP contribution in [0.2, 0.25) is 0 Å². The first-order valence-electron chi connectivity index (χ1n) is 7.31. The third-order valence-electron chi connectivity index (χ3n) is 3.87. The Morgan fingerprint density at radius 2 is 1.62 bits per heavy atom. The maximum absolute atomic E-state index is 4.95. The van der Waals surface area contributed by atoms with Gasteiger partial charge in [-0.15, -0.1) is 0 Å². The summed E-state index contributed by atoms with van der Waals surface area (Å²) in [7, 11) is 6.31. The lowest BCUT2D eigenvalue weighted by molar-refractivity contribution is 0.422. The monoisotopic (exact) mass is 279 g/mol. The highest BCUT2D eigenvalue weighted by Gasteiger charge is 2.19. The SMILES string of the molecule is CN(C)CCC1=Nc2ccccc2N(C)c2ccccc21. The topological polar surface area (TPSA) is 18.8 Å². The van der Waals surface area contributed by atoms with Crippen LogP contribution >= 0.6 is 0 Å². The summed E-state index contributed by atoms with van der Waals surface area (Å²) < 4.78 is 0. The molecule has 0 aliphatic carbocycles. The first kappa shape index (κ1) is 13.8. The molecule has 0 N–H and O–H groups in total. The molecular weight excluding hydrogens is 258 g/mol. The van der Waals surface area contributed by atoms with Crippen LogP contribution < -0.4 is 4.90 Å². The Labute approximate surface area is 126 Å². The summed E-state index contributed by atoms with van der Waals surface area (Å²) in [4.78, 5) is 9.38. The lowest BCUT2D eigenvalue weighted by Crippen LogP contribution is -2.18. The Kier molecular flexibility index (Phi) is 3.76. The standard InChI is InChI=1S/C18H21N3/c1-20(2)13-12-15-14-8-4-6-10-17(14)21(3)18-11-7-5-9-16(18)19-15/h4-11H,12-13H2,1-3H3. The number of hydrogen-bond acceptors (Lipinski definition) is 3. The summed E-state index contributed by atoms with van der Waals surface area (Å²) in [5, 5.41) is 0. The van der Waals surface area contributed by atoms with Crippen LogP contribution in [0, 0.1) is 0 Å². The minimum absolute atomic E-state index is 0.951. The third-order valence-corrected chi connectivity index (χ3v) is 3.87. The second kappa shape index (κ2) is 5.70. The van der Waals surface area contributed by atoms with Crippen LogP contribution in [0.1, 0.15) is 12.0 Å². The van der Waals surface area contributed by atoms with E-state index in [0.717, 1.165) is 30.1 Å². The van der Waals surface area contributed by atoms with Gasteiger partial charge in [0.1, 0.15) is 0 Å². The minimum atomic E-state index is 0.951. The smallest absolute Gasteiger partial charge is 0.0870 e. The summed E-state index contributed by atoms with van der Waals surface area (Å²) in [6.07, 6.45) is 0.951. The van der Waals surface area contributed by atoms with Crippen molar-refractivity contribution in [2.45, 2.75) is 6.42 Å². The van der Waals surface area contributed by atoms with Crippen LogP contribution in [0.5, 0.6) is 0 Å². The molecule has 0 bridgehead atoms. The third kappa shape index (κ3) is 2.69. The molecule has 1 aliphatic rings. The molecule has 1 aliphatic heterocycles. The van der Waals surface area contributed by atoms with Gasteiger partial charge < -0.3 is 9.80 Å². The fourth-order valence-corrected chi connectivity index (χ4v) is 2.71. The molecule has 3 rings (SSSR count). The molecule has 0 aromatic heterocycles. The van der Waals surface area contributed by atoms with E-state index in [1.165, 1.54) is 11.3 Å². The van der Waals surface area contributed by atoms with E-state index in [-0.39, 0.29) is 0 Å². The zero-order chi connectivity index (χ0) is 14.8. The largest absolute Gasteiger partial charge is 0.342 e. The molecule has 0 saturated carbocycles. The van der Waals surface area contributed by atoms with Crippen molar-refractivity contribution in [2.24, 2.45) is 4.99 Å². The predicted octanol–water partition coefficient (Wildman–Crippen LogP) is 3.84. The highest BCUT2D eigenvalue weighted by molar-refractivity contribution is 6.09. The van der Waals surface area contributed by atoms with Crippen LogP contribution in [-0.2, 0) is 0 Å². The first-order valence-corrected chi connectivity index (χ1v) is 7.31. The normalized spacial score (nSPS) is 13.5. The number of hydrogen-bond donors (Lipinski definition) is 0. The van der Waals surface area contributed by atoms with E-state index >= 15 is 0 Å². The van der Waals surface area contributed by atoms with Crippen LogP contribution in [0.25, 0.3) is 0 Å². The van der Waals surface area contributed by atoms with Crippen molar-refractivity contribution in [3.63, 3.8) is 0 Å². The maximum atomic E-state index is 4.95. The molecule has 0 unspecified atom stereocenters. The van der Waals surface area contributed by atoms with E-state index in [0.29, 0.717) is 0 Å². The van der Waals surface area contributed by atoms with E-state index < -0.39 is 0 Å². The number of anilines is 2. The molecule has 2 aromatic rings. The van der Waals surface area contributed by atoms with Crippen LogP contribution in [-0.4, -0.2) is 38.3 Å². The predicted molar refractivity (Wildman–Crippen MR) is 90.3 cm³/mol. The van der Waals surface area contributed by atoms with Gasteiger partial charge in [-0.1, -0.05) is 30.3 Å². The summed E-state index contributed by atoms with van der Waals surface area (Å²) in [5.41, 5.74) is 5.82. The van der Waals surface area contributed by atoms with Gasteiger partial charge >= 0.3 is 0 Å². The molecule has 21 heavy (non-hydrogen) atoms. The van der Waals surface area contributed by atoms with Crippen molar-refractivity contribution in [2.75, 3.05) is 32.6 Å². The van der Waals surface area contributed by atoms with Crippen LogP contribution in [0.3, 0.4) is 0 Å². The zero-order valence-electron chi connectivity index (χ0n) is 12.9. The van der Waals surface area contributed by atoms with Gasteiger partial charge in [-0.2, -0.15) is 0 Å². The average Bonchev–Trinajstić information content (AvgIpc) is 2.62. The second-order valence-corrected chi connectivity index (χ2v) is 5.68. The Bertz CT molecular complexity index is 674. The van der Waals surface area contributed by atoms with Crippen molar-refractivity contribution >= 4 is 22.8 Å². The van der Waals surface area contributed by atoms with E-state index in [1.54, 1.807) is 0 Å². The lowest BCUT2D eigenvalue weighted by atomic mass is 10.0. The lowest BCUT2D eigenvalue weighted by Gasteiger charge is -2.21. The van der Waals surface area contributed by atoms with Crippen molar-refractivity contribution in [3.8, 4) is 0 Å². The number of aliphatic imine (C=N–C) groups is 1. The van der Waals surface area contributed by atoms with Crippen LogP contribution in [0.4, 0.5) is 17.1 Å². The van der Waals surface area contributed by atoms with Crippen molar-refractivity contribution in [3.05, 3.63) is 54.1 Å². The van der Waals surface area contributed by atoms with Gasteiger partial charge in [-0.05, 0) is 32.3 Å². The van der Waals surface area contributed by atoms with Crippen molar-refractivity contribution in [1.82, 2.24) is 4.90 Å².